The van der Waals surface area contributed by atoms with E-state index in [2.05, 4.69) is 20.3 Å². The van der Waals surface area contributed by atoms with Crippen molar-refractivity contribution in [2.45, 2.75) is 44.8 Å². The van der Waals surface area contributed by atoms with E-state index in [9.17, 15) is 4.79 Å². The summed E-state index contributed by atoms with van der Waals surface area (Å²) in [6.07, 6.45) is 10.8. The Morgan fingerprint density at radius 1 is 1.06 bits per heavy atom. The van der Waals surface area contributed by atoms with Gasteiger partial charge in [-0.2, -0.15) is 0 Å². The molecule has 0 bridgehead atoms. The zero-order valence-corrected chi connectivity index (χ0v) is 18.4. The average Bonchev–Trinajstić information content (AvgIpc) is 3.42. The summed E-state index contributed by atoms with van der Waals surface area (Å²) in [5.74, 6) is 0.396. The third-order valence-electron chi connectivity index (χ3n) is 5.50. The molecule has 1 amide bonds. The molecule has 4 aromatic heterocycles. The first-order valence-electron chi connectivity index (χ1n) is 10.7. The number of rotatable bonds is 5. The Labute approximate surface area is 186 Å². The Bertz CT molecular complexity index is 1290. The average molecular weight is 428 g/mol. The number of ether oxygens (including phenoxy) is 1. The van der Waals surface area contributed by atoms with Crippen LogP contribution in [0.2, 0.25) is 0 Å². The maximum absolute atomic E-state index is 13.0. The number of hydrogen-bond donors (Lipinski definition) is 1. The third kappa shape index (κ3) is 3.93. The van der Waals surface area contributed by atoms with E-state index in [0.717, 1.165) is 29.5 Å². The summed E-state index contributed by atoms with van der Waals surface area (Å²) < 4.78 is 7.91. The fraction of sp³-hybridized carbons (Fsp3) is 0.280. The van der Waals surface area contributed by atoms with Gasteiger partial charge in [-0.25, -0.2) is 9.97 Å². The van der Waals surface area contributed by atoms with Gasteiger partial charge >= 0.3 is 0 Å². The quantitative estimate of drug-likeness (QED) is 0.511. The van der Waals surface area contributed by atoms with Crippen LogP contribution in [0.15, 0.2) is 67.4 Å². The van der Waals surface area contributed by atoms with E-state index < -0.39 is 0 Å². The Kier molecular flexibility index (Phi) is 4.69. The Morgan fingerprint density at radius 3 is 2.56 bits per heavy atom. The van der Waals surface area contributed by atoms with Crippen LogP contribution in [0.1, 0.15) is 49.7 Å². The van der Waals surface area contributed by atoms with Crippen LogP contribution in [0.5, 0.6) is 5.88 Å². The van der Waals surface area contributed by atoms with Crippen molar-refractivity contribution in [1.29, 1.82) is 0 Å². The molecule has 0 saturated heterocycles. The smallest absolute Gasteiger partial charge is 0.272 e. The fourth-order valence-corrected chi connectivity index (χ4v) is 3.81. The molecule has 1 aliphatic rings. The van der Waals surface area contributed by atoms with E-state index in [1.54, 1.807) is 24.8 Å². The Morgan fingerprint density at radius 2 is 1.84 bits per heavy atom. The van der Waals surface area contributed by atoms with Crippen molar-refractivity contribution in [3.8, 4) is 17.0 Å². The second-order valence-corrected chi connectivity index (χ2v) is 9.15. The molecule has 32 heavy (non-hydrogen) atoms. The lowest BCUT2D eigenvalue weighted by atomic mass is 10.1. The molecule has 1 fully saturated rings. The lowest BCUT2D eigenvalue weighted by Gasteiger charge is -2.22. The largest absolute Gasteiger partial charge is 0.471 e. The van der Waals surface area contributed by atoms with E-state index in [4.69, 9.17) is 4.74 Å². The highest BCUT2D eigenvalue weighted by molar-refractivity contribution is 5.94. The molecule has 0 aromatic carbocycles. The van der Waals surface area contributed by atoms with Gasteiger partial charge < -0.3 is 14.5 Å². The predicted molar refractivity (Wildman–Crippen MR) is 121 cm³/mol. The van der Waals surface area contributed by atoms with Crippen LogP contribution in [0.25, 0.3) is 16.8 Å². The van der Waals surface area contributed by atoms with E-state index in [1.165, 1.54) is 0 Å². The normalized spacial score (nSPS) is 14.8. The number of hydrogen-bond acceptors (Lipinski definition) is 5. The number of nitrogens with one attached hydrogen (secondary N) is 1. The zero-order chi connectivity index (χ0) is 22.3. The molecule has 162 valence electrons. The van der Waals surface area contributed by atoms with Crippen molar-refractivity contribution in [2.24, 2.45) is 0 Å². The third-order valence-corrected chi connectivity index (χ3v) is 5.50. The van der Waals surface area contributed by atoms with Crippen LogP contribution in [0.3, 0.4) is 0 Å². The Hall–Kier alpha value is -3.74. The topological polar surface area (TPSA) is 81.4 Å². The number of fused-ring (bicyclic) bond motifs is 1. The molecule has 1 N–H and O–H groups in total. The molecule has 7 nitrogen and oxygen atoms in total. The number of carbonyl (C=O) groups excluding carboxylic acids is 1. The molecule has 5 rings (SSSR count). The fourth-order valence-electron chi connectivity index (χ4n) is 3.81. The lowest BCUT2D eigenvalue weighted by Crippen LogP contribution is -2.35. The summed E-state index contributed by atoms with van der Waals surface area (Å²) in [4.78, 5) is 26.0. The first-order chi connectivity index (χ1) is 15.3. The minimum Gasteiger partial charge on any atom is -0.471 e. The second kappa shape index (κ2) is 7.44. The molecule has 1 saturated carbocycles. The summed E-state index contributed by atoms with van der Waals surface area (Å²) in [6.45, 7) is 5.98. The molecule has 0 aliphatic heterocycles. The van der Waals surface area contributed by atoms with Gasteiger partial charge in [0.2, 0.25) is 5.88 Å². The van der Waals surface area contributed by atoms with Crippen LogP contribution in [0, 0.1) is 0 Å². The van der Waals surface area contributed by atoms with Crippen molar-refractivity contribution < 1.29 is 9.53 Å². The van der Waals surface area contributed by atoms with Crippen LogP contribution >= 0.6 is 0 Å². The maximum atomic E-state index is 13.0. The molecular formula is C25H25N5O2. The van der Waals surface area contributed by atoms with Crippen molar-refractivity contribution in [3.63, 3.8) is 0 Å². The highest BCUT2D eigenvalue weighted by Crippen LogP contribution is 2.45. The Balaban J connectivity index is 1.43. The van der Waals surface area contributed by atoms with Crippen LogP contribution < -0.4 is 10.1 Å². The first kappa shape index (κ1) is 20.2. The molecule has 0 atom stereocenters. The van der Waals surface area contributed by atoms with Crippen molar-refractivity contribution in [2.75, 3.05) is 0 Å². The number of pyridine rings is 3. The van der Waals surface area contributed by atoms with Crippen molar-refractivity contribution >= 4 is 11.6 Å². The van der Waals surface area contributed by atoms with Gasteiger partial charge in [0, 0.05) is 42.1 Å². The minimum absolute atomic E-state index is 0.178. The van der Waals surface area contributed by atoms with E-state index in [1.807, 2.05) is 67.8 Å². The summed E-state index contributed by atoms with van der Waals surface area (Å²) in [6, 6.07) is 11.6. The molecule has 0 radical (unpaired) electrons. The standard InChI is InChI=1S/C25H25N5O2/c1-24(2,3)32-23-19(5-4-12-27-23)17-6-7-21-28-20(16-30(21)15-17)22(31)29-25(10-11-25)18-8-13-26-14-9-18/h4-9,12-16H,10-11H2,1-3H3,(H,29,31). The summed E-state index contributed by atoms with van der Waals surface area (Å²) in [5, 5.41) is 3.17. The van der Waals surface area contributed by atoms with Crippen molar-refractivity contribution in [1.82, 2.24) is 24.7 Å². The summed E-state index contributed by atoms with van der Waals surface area (Å²) in [5.41, 5.74) is 3.32. The van der Waals surface area contributed by atoms with Gasteiger partial charge in [-0.1, -0.05) is 0 Å². The second-order valence-electron chi connectivity index (χ2n) is 9.15. The summed E-state index contributed by atoms with van der Waals surface area (Å²) in [7, 11) is 0. The molecule has 0 unspecified atom stereocenters. The number of carbonyl (C=O) groups is 1. The molecule has 0 spiro atoms. The summed E-state index contributed by atoms with van der Waals surface area (Å²) >= 11 is 0. The SMILES string of the molecule is CC(C)(C)Oc1ncccc1-c1ccc2nc(C(=O)NC3(c4ccncc4)CC3)cn2c1. The monoisotopic (exact) mass is 427 g/mol. The van der Waals surface area contributed by atoms with Gasteiger partial charge in [-0.05, 0) is 75.6 Å². The van der Waals surface area contributed by atoms with E-state index in [0.29, 0.717) is 17.2 Å². The van der Waals surface area contributed by atoms with Crippen LogP contribution in [-0.2, 0) is 5.54 Å². The maximum Gasteiger partial charge on any atom is 0.272 e. The molecule has 1 aliphatic carbocycles. The number of nitrogens with zero attached hydrogens (tertiary/aromatic N) is 4. The first-order valence-corrected chi connectivity index (χ1v) is 10.7. The van der Waals surface area contributed by atoms with Gasteiger partial charge in [-0.15, -0.1) is 0 Å². The lowest BCUT2D eigenvalue weighted by molar-refractivity contribution is 0.0926. The van der Waals surface area contributed by atoms with Gasteiger partial charge in [0.25, 0.3) is 5.91 Å². The van der Waals surface area contributed by atoms with Crippen molar-refractivity contribution in [3.05, 3.63) is 78.6 Å². The van der Waals surface area contributed by atoms with Gasteiger partial charge in [0.1, 0.15) is 16.9 Å². The van der Waals surface area contributed by atoms with Gasteiger partial charge in [-0.3, -0.25) is 9.78 Å². The van der Waals surface area contributed by atoms with Gasteiger partial charge in [0.05, 0.1) is 5.54 Å². The number of imidazole rings is 1. The molecular weight excluding hydrogens is 402 g/mol. The van der Waals surface area contributed by atoms with Gasteiger partial charge in [0.15, 0.2) is 0 Å². The highest BCUT2D eigenvalue weighted by Gasteiger charge is 2.46. The zero-order valence-electron chi connectivity index (χ0n) is 18.4. The molecule has 7 heteroatoms. The van der Waals surface area contributed by atoms with E-state index in [-0.39, 0.29) is 17.0 Å². The van der Waals surface area contributed by atoms with Crippen LogP contribution in [0.4, 0.5) is 0 Å². The minimum atomic E-state index is -0.360. The highest BCUT2D eigenvalue weighted by atomic mass is 16.5. The number of amides is 1. The molecule has 4 heterocycles. The molecule has 4 aromatic rings. The number of aromatic nitrogens is 4. The van der Waals surface area contributed by atoms with E-state index >= 15 is 0 Å². The van der Waals surface area contributed by atoms with Crippen LogP contribution in [-0.4, -0.2) is 30.9 Å². The predicted octanol–water partition coefficient (Wildman–Crippen LogP) is 4.39.